The highest BCUT2D eigenvalue weighted by Crippen LogP contribution is 2.45. The van der Waals surface area contributed by atoms with Crippen LogP contribution in [0.15, 0.2) is 0 Å². The Morgan fingerprint density at radius 1 is 1.24 bits per heavy atom. The van der Waals surface area contributed by atoms with Crippen LogP contribution < -0.4 is 0 Å². The molecule has 6 heteroatoms. The van der Waals surface area contributed by atoms with Gasteiger partial charge in [-0.15, -0.1) is 0 Å². The van der Waals surface area contributed by atoms with Gasteiger partial charge >= 0.3 is 5.97 Å². The molecule has 0 aromatic carbocycles. The van der Waals surface area contributed by atoms with Crippen LogP contribution in [0, 0.1) is 11.8 Å². The molecule has 1 aliphatic carbocycles. The van der Waals surface area contributed by atoms with Crippen LogP contribution in [-0.2, 0) is 23.4 Å². The summed E-state index contributed by atoms with van der Waals surface area (Å²) in [6.07, 6.45) is 4.47. The van der Waals surface area contributed by atoms with Crippen LogP contribution in [0.1, 0.15) is 52.9 Å². The Morgan fingerprint density at radius 3 is 2.64 bits per heavy atom. The maximum Gasteiger partial charge on any atom is 0.306 e. The summed E-state index contributed by atoms with van der Waals surface area (Å²) in [5.41, 5.74) is 0. The molecule has 2 heterocycles. The fourth-order valence-electron chi connectivity index (χ4n) is 3.88. The predicted molar refractivity (Wildman–Crippen MR) is 97.7 cm³/mol. The fraction of sp³-hybridized carbons (Fsp3) is 0.947. The van der Waals surface area contributed by atoms with Crippen molar-refractivity contribution in [2.24, 2.45) is 11.8 Å². The van der Waals surface area contributed by atoms with Gasteiger partial charge in [-0.25, -0.2) is 0 Å². The molecule has 25 heavy (non-hydrogen) atoms. The van der Waals surface area contributed by atoms with Gasteiger partial charge in [0.15, 0.2) is 14.6 Å². The van der Waals surface area contributed by atoms with Crippen LogP contribution in [0.2, 0.25) is 18.1 Å². The molecule has 2 unspecified atom stereocenters. The molecule has 144 valence electrons. The summed E-state index contributed by atoms with van der Waals surface area (Å²) in [7, 11) is -1.83. The van der Waals surface area contributed by atoms with E-state index in [1.807, 2.05) is 0 Å². The Labute approximate surface area is 152 Å². The second-order valence-electron chi connectivity index (χ2n) is 9.34. The van der Waals surface area contributed by atoms with Gasteiger partial charge in [0.2, 0.25) is 0 Å². The number of esters is 1. The van der Waals surface area contributed by atoms with Crippen molar-refractivity contribution in [1.29, 1.82) is 0 Å². The Kier molecular flexibility index (Phi) is 5.64. The van der Waals surface area contributed by atoms with Crippen LogP contribution in [0.25, 0.3) is 0 Å². The zero-order chi connectivity index (χ0) is 18.2. The number of hydrogen-bond acceptors (Lipinski definition) is 5. The number of fused-ring (bicyclic) bond motifs is 1. The first kappa shape index (κ1) is 19.3. The van der Waals surface area contributed by atoms with E-state index in [0.29, 0.717) is 13.0 Å². The highest BCUT2D eigenvalue weighted by Gasteiger charge is 2.52. The van der Waals surface area contributed by atoms with Crippen LogP contribution >= 0.6 is 0 Å². The van der Waals surface area contributed by atoms with Crippen molar-refractivity contribution >= 4 is 14.3 Å². The number of carbonyl (C=O) groups is 1. The van der Waals surface area contributed by atoms with Crippen LogP contribution in [0.5, 0.6) is 0 Å². The molecule has 0 bridgehead atoms. The monoisotopic (exact) mass is 370 g/mol. The van der Waals surface area contributed by atoms with Crippen molar-refractivity contribution in [2.45, 2.75) is 89.5 Å². The maximum atomic E-state index is 11.7. The molecule has 5 nitrogen and oxygen atoms in total. The minimum atomic E-state index is -1.83. The van der Waals surface area contributed by atoms with E-state index >= 15 is 0 Å². The van der Waals surface area contributed by atoms with E-state index in [0.717, 1.165) is 32.3 Å². The Morgan fingerprint density at radius 2 is 2.00 bits per heavy atom. The maximum absolute atomic E-state index is 11.7. The summed E-state index contributed by atoms with van der Waals surface area (Å²) in [6, 6.07) is 0. The molecule has 0 aromatic heterocycles. The van der Waals surface area contributed by atoms with E-state index in [9.17, 15) is 4.79 Å². The molecule has 2 aliphatic heterocycles. The fourth-order valence-corrected chi connectivity index (χ4v) is 4.92. The van der Waals surface area contributed by atoms with Crippen molar-refractivity contribution in [2.75, 3.05) is 13.2 Å². The summed E-state index contributed by atoms with van der Waals surface area (Å²) < 4.78 is 24.1. The molecular formula is C19H34O5Si. The summed E-state index contributed by atoms with van der Waals surface area (Å²) >= 11 is 0. The van der Waals surface area contributed by atoms with Gasteiger partial charge in [-0.1, -0.05) is 20.8 Å². The summed E-state index contributed by atoms with van der Waals surface area (Å²) in [4.78, 5) is 11.7. The first-order valence-corrected chi connectivity index (χ1v) is 12.7. The third-order valence-electron chi connectivity index (χ3n) is 6.56. The van der Waals surface area contributed by atoms with Gasteiger partial charge in [-0.3, -0.25) is 4.79 Å². The minimum Gasteiger partial charge on any atom is -0.462 e. The molecule has 2 saturated heterocycles. The number of carbonyl (C=O) groups excluding carboxylic acids is 1. The molecule has 0 amide bonds. The zero-order valence-corrected chi connectivity index (χ0v) is 17.4. The van der Waals surface area contributed by atoms with Crippen molar-refractivity contribution < 1.29 is 23.4 Å². The first-order valence-electron chi connectivity index (χ1n) is 9.78. The Bertz CT molecular complexity index is 481. The first-order chi connectivity index (χ1) is 11.7. The van der Waals surface area contributed by atoms with Gasteiger partial charge in [0.25, 0.3) is 0 Å². The average Bonchev–Trinajstić information content (AvgIpc) is 3.01. The van der Waals surface area contributed by atoms with E-state index in [2.05, 4.69) is 33.9 Å². The SMILES string of the molecule is CC(C)(C)[Si](C)(C)OC[C@H]1C(OC2CCCCO2)C[C@@H]2OC(=O)C[C@@H]21. The topological polar surface area (TPSA) is 54.0 Å². The molecular weight excluding hydrogens is 336 g/mol. The lowest BCUT2D eigenvalue weighted by Crippen LogP contribution is -2.44. The number of rotatable bonds is 5. The van der Waals surface area contributed by atoms with E-state index in [1.165, 1.54) is 0 Å². The molecule has 0 spiro atoms. The lowest BCUT2D eigenvalue weighted by atomic mass is 9.93. The van der Waals surface area contributed by atoms with E-state index in [1.54, 1.807) is 0 Å². The van der Waals surface area contributed by atoms with Crippen molar-refractivity contribution in [3.8, 4) is 0 Å². The van der Waals surface area contributed by atoms with Crippen molar-refractivity contribution in [3.05, 3.63) is 0 Å². The van der Waals surface area contributed by atoms with Crippen molar-refractivity contribution in [1.82, 2.24) is 0 Å². The molecule has 1 saturated carbocycles. The standard InChI is InChI=1S/C19H34O5Si/c1-19(2,3)25(4,5)22-12-14-13-10-17(20)23-15(13)11-16(14)24-18-8-6-7-9-21-18/h13-16,18H,6-12H2,1-5H3/t13-,14-,15+,16?,18?/m1/s1. The molecule has 3 fully saturated rings. The van der Waals surface area contributed by atoms with Gasteiger partial charge < -0.3 is 18.6 Å². The summed E-state index contributed by atoms with van der Waals surface area (Å²) in [5.74, 6) is 0.377. The van der Waals surface area contributed by atoms with Gasteiger partial charge in [0.05, 0.1) is 12.5 Å². The highest BCUT2D eigenvalue weighted by molar-refractivity contribution is 6.74. The average molecular weight is 371 g/mol. The van der Waals surface area contributed by atoms with E-state index in [4.69, 9.17) is 18.6 Å². The van der Waals surface area contributed by atoms with E-state index in [-0.39, 0.29) is 41.3 Å². The van der Waals surface area contributed by atoms with Gasteiger partial charge in [-0.2, -0.15) is 0 Å². The molecule has 0 N–H and O–H groups in total. The van der Waals surface area contributed by atoms with Gasteiger partial charge in [0, 0.05) is 31.5 Å². The lowest BCUT2D eigenvalue weighted by molar-refractivity contribution is -0.198. The molecule has 0 aromatic rings. The highest BCUT2D eigenvalue weighted by atomic mass is 28.4. The summed E-state index contributed by atoms with van der Waals surface area (Å²) in [6.45, 7) is 12.7. The van der Waals surface area contributed by atoms with E-state index < -0.39 is 8.32 Å². The van der Waals surface area contributed by atoms with Crippen LogP contribution in [-0.4, -0.2) is 46.0 Å². The summed E-state index contributed by atoms with van der Waals surface area (Å²) in [5, 5.41) is 0.176. The van der Waals surface area contributed by atoms with Crippen LogP contribution in [0.4, 0.5) is 0 Å². The normalized spacial score (nSPS) is 36.4. The third kappa shape index (κ3) is 4.29. The second-order valence-corrected chi connectivity index (χ2v) is 14.1. The zero-order valence-electron chi connectivity index (χ0n) is 16.4. The number of hydrogen-bond donors (Lipinski definition) is 0. The van der Waals surface area contributed by atoms with Crippen molar-refractivity contribution in [3.63, 3.8) is 0 Å². The van der Waals surface area contributed by atoms with Gasteiger partial charge in [-0.05, 0) is 37.4 Å². The molecule has 5 atom stereocenters. The molecule has 3 rings (SSSR count). The molecule has 0 radical (unpaired) electrons. The van der Waals surface area contributed by atoms with Crippen LogP contribution in [0.3, 0.4) is 0 Å². The lowest BCUT2D eigenvalue weighted by Gasteiger charge is -2.38. The second kappa shape index (κ2) is 7.29. The quantitative estimate of drug-likeness (QED) is 0.543. The smallest absolute Gasteiger partial charge is 0.306 e. The Hall–Kier alpha value is -0.433. The minimum absolute atomic E-state index is 0.00546. The van der Waals surface area contributed by atoms with Gasteiger partial charge in [0.1, 0.15) is 6.10 Å². The predicted octanol–water partition coefficient (Wildman–Crippen LogP) is 3.87. The number of ether oxygens (including phenoxy) is 3. The molecule has 3 aliphatic rings. The largest absolute Gasteiger partial charge is 0.462 e. The third-order valence-corrected chi connectivity index (χ3v) is 11.1. The Balaban J connectivity index is 1.66.